The zero-order valence-corrected chi connectivity index (χ0v) is 16.9. The van der Waals surface area contributed by atoms with Gasteiger partial charge in [-0.2, -0.15) is 0 Å². The zero-order valence-electron chi connectivity index (χ0n) is 16.1. The van der Waals surface area contributed by atoms with Crippen LogP contribution in [0.15, 0.2) is 36.4 Å². The summed E-state index contributed by atoms with van der Waals surface area (Å²) < 4.78 is 24.8. The standard InChI is InChI=1S/C22H24ClFN2O3/c23-18-11-20-21(29-9-3-8-28-20)12-19(18)25-22(27)16-5-2-7-26(14-16)13-15-4-1-6-17(24)10-15/h1,4,6,10-12,16H,2-3,5,7-9,13-14H2,(H,25,27). The number of nitrogens with zero attached hydrogens (tertiary/aromatic N) is 1. The summed E-state index contributed by atoms with van der Waals surface area (Å²) in [5, 5.41) is 3.38. The van der Waals surface area contributed by atoms with Gasteiger partial charge in [0.1, 0.15) is 5.82 Å². The van der Waals surface area contributed by atoms with Gasteiger partial charge in [0.05, 0.1) is 29.8 Å². The molecule has 4 rings (SSSR count). The van der Waals surface area contributed by atoms with Crippen molar-refractivity contribution in [1.29, 1.82) is 0 Å². The number of ether oxygens (including phenoxy) is 2. The molecule has 5 nitrogen and oxygen atoms in total. The van der Waals surface area contributed by atoms with Crippen LogP contribution in [0.2, 0.25) is 5.02 Å². The lowest BCUT2D eigenvalue weighted by Crippen LogP contribution is -2.40. The van der Waals surface area contributed by atoms with Gasteiger partial charge in [-0.3, -0.25) is 9.69 Å². The van der Waals surface area contributed by atoms with E-state index in [0.29, 0.717) is 48.5 Å². The van der Waals surface area contributed by atoms with E-state index in [4.69, 9.17) is 21.1 Å². The fourth-order valence-electron chi connectivity index (χ4n) is 3.82. The number of nitrogens with one attached hydrogen (secondary N) is 1. The van der Waals surface area contributed by atoms with Crippen LogP contribution in [0.4, 0.5) is 10.1 Å². The Morgan fingerprint density at radius 3 is 2.76 bits per heavy atom. The Morgan fingerprint density at radius 2 is 1.97 bits per heavy atom. The summed E-state index contributed by atoms with van der Waals surface area (Å²) in [5.41, 5.74) is 1.44. The van der Waals surface area contributed by atoms with Crippen LogP contribution in [-0.4, -0.2) is 37.1 Å². The number of piperidine rings is 1. The third-order valence-electron chi connectivity index (χ3n) is 5.27. The number of anilines is 1. The first-order valence-corrected chi connectivity index (χ1v) is 10.3. The highest BCUT2D eigenvalue weighted by Crippen LogP contribution is 2.38. The van der Waals surface area contributed by atoms with E-state index in [-0.39, 0.29) is 17.6 Å². The first-order chi connectivity index (χ1) is 14.1. The van der Waals surface area contributed by atoms with E-state index in [1.807, 2.05) is 6.07 Å². The topological polar surface area (TPSA) is 50.8 Å². The maximum Gasteiger partial charge on any atom is 0.228 e. The molecule has 1 saturated heterocycles. The van der Waals surface area contributed by atoms with Gasteiger partial charge in [0.2, 0.25) is 5.91 Å². The predicted molar refractivity (Wildman–Crippen MR) is 110 cm³/mol. The van der Waals surface area contributed by atoms with Gasteiger partial charge in [-0.1, -0.05) is 23.7 Å². The van der Waals surface area contributed by atoms with E-state index < -0.39 is 0 Å². The van der Waals surface area contributed by atoms with Crippen LogP contribution in [0.25, 0.3) is 0 Å². The van der Waals surface area contributed by atoms with Gasteiger partial charge in [0.15, 0.2) is 11.5 Å². The molecule has 0 spiro atoms. The fraction of sp³-hybridized carbons (Fsp3) is 0.409. The molecule has 0 aliphatic carbocycles. The van der Waals surface area contributed by atoms with Crippen LogP contribution in [0.5, 0.6) is 11.5 Å². The van der Waals surface area contributed by atoms with E-state index in [0.717, 1.165) is 31.4 Å². The third kappa shape index (κ3) is 5.00. The summed E-state index contributed by atoms with van der Waals surface area (Å²) in [6.07, 6.45) is 2.53. The average Bonchev–Trinajstić information content (AvgIpc) is 2.93. The molecule has 1 N–H and O–H groups in total. The summed E-state index contributed by atoms with van der Waals surface area (Å²) in [4.78, 5) is 15.1. The number of carbonyl (C=O) groups is 1. The van der Waals surface area contributed by atoms with Crippen molar-refractivity contribution < 1.29 is 18.7 Å². The summed E-state index contributed by atoms with van der Waals surface area (Å²) >= 11 is 6.35. The fourth-order valence-corrected chi connectivity index (χ4v) is 4.02. The molecule has 0 radical (unpaired) electrons. The van der Waals surface area contributed by atoms with Gasteiger partial charge in [0.25, 0.3) is 0 Å². The van der Waals surface area contributed by atoms with Gasteiger partial charge < -0.3 is 14.8 Å². The SMILES string of the molecule is O=C(Nc1cc2c(cc1Cl)OCCCO2)C1CCCN(Cc2cccc(F)c2)C1. The number of fused-ring (bicyclic) bond motifs is 1. The summed E-state index contributed by atoms with van der Waals surface area (Å²) in [5.74, 6) is 0.746. The first kappa shape index (κ1) is 20.0. The van der Waals surface area contributed by atoms with Crippen molar-refractivity contribution in [3.05, 3.63) is 52.8 Å². The minimum absolute atomic E-state index is 0.0645. The summed E-state index contributed by atoms with van der Waals surface area (Å²) in [7, 11) is 0. The monoisotopic (exact) mass is 418 g/mol. The Hall–Kier alpha value is -2.31. The quantitative estimate of drug-likeness (QED) is 0.794. The molecular formula is C22H24ClFN2O3. The predicted octanol–water partition coefficient (Wildman–Crippen LogP) is 4.49. The van der Waals surface area contributed by atoms with Crippen molar-refractivity contribution in [2.24, 2.45) is 5.92 Å². The Balaban J connectivity index is 1.41. The van der Waals surface area contributed by atoms with E-state index >= 15 is 0 Å². The minimum atomic E-state index is -0.238. The molecule has 1 fully saturated rings. The lowest BCUT2D eigenvalue weighted by Gasteiger charge is -2.32. The summed E-state index contributed by atoms with van der Waals surface area (Å²) in [6, 6.07) is 10.0. The smallest absolute Gasteiger partial charge is 0.228 e. The van der Waals surface area contributed by atoms with Crippen molar-refractivity contribution >= 4 is 23.2 Å². The minimum Gasteiger partial charge on any atom is -0.490 e. The molecule has 1 amide bonds. The average molecular weight is 419 g/mol. The number of hydrogen-bond acceptors (Lipinski definition) is 4. The van der Waals surface area contributed by atoms with Crippen molar-refractivity contribution in [3.63, 3.8) is 0 Å². The molecule has 0 aromatic heterocycles. The van der Waals surface area contributed by atoms with Crippen molar-refractivity contribution in [2.75, 3.05) is 31.6 Å². The Bertz CT molecular complexity index is 892. The van der Waals surface area contributed by atoms with Crippen LogP contribution >= 0.6 is 11.6 Å². The maximum absolute atomic E-state index is 13.4. The largest absolute Gasteiger partial charge is 0.490 e. The van der Waals surface area contributed by atoms with Crippen molar-refractivity contribution in [3.8, 4) is 11.5 Å². The second-order valence-corrected chi connectivity index (χ2v) is 7.93. The van der Waals surface area contributed by atoms with Crippen molar-refractivity contribution in [1.82, 2.24) is 4.90 Å². The summed E-state index contributed by atoms with van der Waals surface area (Å²) in [6.45, 7) is 3.31. The Labute approximate surface area is 174 Å². The number of likely N-dealkylation sites (tertiary alicyclic amines) is 1. The molecule has 0 bridgehead atoms. The molecule has 1 atom stereocenters. The Kier molecular flexibility index (Phi) is 6.21. The molecule has 154 valence electrons. The van der Waals surface area contributed by atoms with Gasteiger partial charge >= 0.3 is 0 Å². The van der Waals surface area contributed by atoms with Crippen molar-refractivity contribution in [2.45, 2.75) is 25.8 Å². The lowest BCUT2D eigenvalue weighted by atomic mass is 9.96. The second-order valence-electron chi connectivity index (χ2n) is 7.52. The molecule has 2 aliphatic rings. The normalized spacial score (nSPS) is 19.4. The van der Waals surface area contributed by atoms with Gasteiger partial charge in [-0.05, 0) is 37.1 Å². The third-order valence-corrected chi connectivity index (χ3v) is 5.58. The number of amides is 1. The Morgan fingerprint density at radius 1 is 1.17 bits per heavy atom. The number of hydrogen-bond donors (Lipinski definition) is 1. The van der Waals surface area contributed by atoms with E-state index in [1.165, 1.54) is 6.07 Å². The highest BCUT2D eigenvalue weighted by molar-refractivity contribution is 6.34. The molecule has 29 heavy (non-hydrogen) atoms. The molecular weight excluding hydrogens is 395 g/mol. The number of carbonyl (C=O) groups excluding carboxylic acids is 1. The van der Waals surface area contributed by atoms with E-state index in [1.54, 1.807) is 24.3 Å². The molecule has 2 aromatic carbocycles. The van der Waals surface area contributed by atoms with Crippen LogP contribution < -0.4 is 14.8 Å². The van der Waals surface area contributed by atoms with Gasteiger partial charge in [0, 0.05) is 31.6 Å². The molecule has 1 unspecified atom stereocenters. The first-order valence-electron chi connectivity index (χ1n) is 9.95. The maximum atomic E-state index is 13.4. The van der Waals surface area contributed by atoms with Gasteiger partial charge in [-0.25, -0.2) is 4.39 Å². The highest BCUT2D eigenvalue weighted by atomic mass is 35.5. The molecule has 2 heterocycles. The van der Waals surface area contributed by atoms with Crippen LogP contribution in [0.3, 0.4) is 0 Å². The highest BCUT2D eigenvalue weighted by Gasteiger charge is 2.27. The zero-order chi connectivity index (χ0) is 20.2. The van der Waals surface area contributed by atoms with E-state index in [9.17, 15) is 9.18 Å². The van der Waals surface area contributed by atoms with Crippen LogP contribution in [0, 0.1) is 11.7 Å². The lowest BCUT2D eigenvalue weighted by molar-refractivity contribution is -0.121. The van der Waals surface area contributed by atoms with Crippen LogP contribution in [0.1, 0.15) is 24.8 Å². The number of benzene rings is 2. The van der Waals surface area contributed by atoms with Crippen LogP contribution in [-0.2, 0) is 11.3 Å². The molecule has 0 saturated carbocycles. The number of halogens is 2. The molecule has 2 aromatic rings. The van der Waals surface area contributed by atoms with Gasteiger partial charge in [-0.15, -0.1) is 0 Å². The second kappa shape index (κ2) is 9.01. The molecule has 2 aliphatic heterocycles. The van der Waals surface area contributed by atoms with E-state index in [2.05, 4.69) is 10.2 Å². The number of rotatable bonds is 4. The molecule has 7 heteroatoms.